The lowest BCUT2D eigenvalue weighted by Crippen LogP contribution is -2.15. The van der Waals surface area contributed by atoms with E-state index >= 15 is 0 Å². The summed E-state index contributed by atoms with van der Waals surface area (Å²) in [5.74, 6) is 0.648. The molecule has 0 spiro atoms. The maximum Gasteiger partial charge on any atom is 0.137 e. The number of Topliss-reactive ketones (excluding diaryl/α,β-unsaturated/α-hetero) is 1. The van der Waals surface area contributed by atoms with E-state index in [1.54, 1.807) is 4.68 Å². The van der Waals surface area contributed by atoms with Gasteiger partial charge in [0, 0.05) is 18.5 Å². The summed E-state index contributed by atoms with van der Waals surface area (Å²) in [6.45, 7) is 20.7. The number of aromatic nitrogens is 3. The molecule has 51 heavy (non-hydrogen) atoms. The molecule has 0 atom stereocenters. The lowest BCUT2D eigenvalue weighted by Gasteiger charge is -2.09. The first-order valence-corrected chi connectivity index (χ1v) is 18.4. The summed E-state index contributed by atoms with van der Waals surface area (Å²) in [6.07, 6.45) is 2.41. The number of hydrogen-bond donors (Lipinski definition) is 0. The van der Waals surface area contributed by atoms with Gasteiger partial charge in [0.1, 0.15) is 5.78 Å². The number of carbonyl (C=O) groups excluding carboxylic acids is 1. The molecule has 0 fully saturated rings. The molecule has 0 unspecified atom stereocenters. The molecule has 0 aromatic carbocycles. The Morgan fingerprint density at radius 2 is 0.745 bits per heavy atom. The molecule has 0 saturated carbocycles. The molecule has 1 aromatic heterocycles. The van der Waals surface area contributed by atoms with Gasteiger partial charge in [-0.3, -0.25) is 4.79 Å². The summed E-state index contributed by atoms with van der Waals surface area (Å²) in [7, 11) is 0. The molecule has 0 saturated heterocycles. The van der Waals surface area contributed by atoms with E-state index in [-0.39, 0.29) is 11.7 Å². The Kier molecular flexibility index (Phi) is 34.1. The van der Waals surface area contributed by atoms with E-state index in [1.807, 2.05) is 20.0 Å². The fourth-order valence-electron chi connectivity index (χ4n) is 3.83. The van der Waals surface area contributed by atoms with Crippen molar-refractivity contribution < 1.29 is 61.6 Å². The van der Waals surface area contributed by atoms with Gasteiger partial charge in [-0.05, 0) is 5.92 Å². The van der Waals surface area contributed by atoms with Crippen LogP contribution in [-0.4, -0.2) is 179 Å². The van der Waals surface area contributed by atoms with Crippen molar-refractivity contribution in [3.8, 4) is 0 Å². The van der Waals surface area contributed by atoms with Crippen LogP contribution in [0.5, 0.6) is 0 Å². The quantitative estimate of drug-likeness (QED) is 0.0901. The second-order valence-corrected chi connectivity index (χ2v) is 11.8. The number of nitrogens with zero attached hydrogens (tertiary/aromatic N) is 3. The van der Waals surface area contributed by atoms with Crippen LogP contribution in [0.25, 0.3) is 0 Å². The van der Waals surface area contributed by atoms with Gasteiger partial charge in [0.15, 0.2) is 0 Å². The van der Waals surface area contributed by atoms with Crippen LogP contribution >= 0.6 is 0 Å². The van der Waals surface area contributed by atoms with E-state index in [0.717, 1.165) is 5.69 Å². The zero-order valence-corrected chi connectivity index (χ0v) is 31.8. The molecule has 16 nitrogen and oxygen atoms in total. The molecule has 1 heterocycles. The Bertz CT molecular complexity index is 880. The monoisotopic (exact) mass is 737 g/mol. The molecular weight excluding hydrogens is 670 g/mol. The van der Waals surface area contributed by atoms with Gasteiger partial charge >= 0.3 is 0 Å². The molecule has 0 aliphatic carbocycles. The van der Waals surface area contributed by atoms with Crippen LogP contribution in [0.4, 0.5) is 0 Å². The first-order valence-electron chi connectivity index (χ1n) is 18.4. The third-order valence-electron chi connectivity index (χ3n) is 6.84. The highest BCUT2D eigenvalue weighted by atomic mass is 16.6. The fourth-order valence-corrected chi connectivity index (χ4v) is 3.83. The molecule has 0 amide bonds. The first-order chi connectivity index (χ1) is 25.0. The van der Waals surface area contributed by atoms with Crippen LogP contribution in [0.3, 0.4) is 0 Å². The van der Waals surface area contributed by atoms with Crippen LogP contribution in [0, 0.1) is 5.92 Å². The van der Waals surface area contributed by atoms with Crippen LogP contribution in [0.1, 0.15) is 45.7 Å². The second-order valence-electron chi connectivity index (χ2n) is 11.8. The van der Waals surface area contributed by atoms with Gasteiger partial charge in [0.2, 0.25) is 0 Å². The Morgan fingerprint density at radius 1 is 0.471 bits per heavy atom. The molecule has 300 valence electrons. The van der Waals surface area contributed by atoms with Crippen molar-refractivity contribution >= 4 is 5.78 Å². The Balaban J connectivity index is 1.63. The lowest BCUT2D eigenvalue weighted by molar-refractivity contribution is -0.123. The number of ether oxygens (including phenoxy) is 12. The largest absolute Gasteiger partial charge is 0.379 e. The molecular formula is C35H67N3O13. The Hall–Kier alpha value is -1.67. The van der Waals surface area contributed by atoms with Gasteiger partial charge in [0.25, 0.3) is 0 Å². The number of rotatable bonds is 41. The van der Waals surface area contributed by atoms with Gasteiger partial charge < -0.3 is 56.8 Å². The van der Waals surface area contributed by atoms with Crippen LogP contribution in [0.15, 0.2) is 6.20 Å². The topological polar surface area (TPSA) is 159 Å². The summed E-state index contributed by atoms with van der Waals surface area (Å²) >= 11 is 0. The van der Waals surface area contributed by atoms with Crippen molar-refractivity contribution in [1.29, 1.82) is 0 Å². The maximum absolute atomic E-state index is 11.5. The molecule has 1 aromatic rings. The summed E-state index contributed by atoms with van der Waals surface area (Å²) in [5, 5.41) is 8.21. The molecule has 0 N–H and O–H groups in total. The van der Waals surface area contributed by atoms with Crippen molar-refractivity contribution in [2.45, 2.75) is 46.6 Å². The van der Waals surface area contributed by atoms with Crippen molar-refractivity contribution in [3.63, 3.8) is 0 Å². The molecule has 0 radical (unpaired) electrons. The molecule has 0 aliphatic heterocycles. The van der Waals surface area contributed by atoms with E-state index in [1.165, 1.54) is 0 Å². The average molecular weight is 738 g/mol. The molecule has 0 aliphatic rings. The molecule has 0 bridgehead atoms. The first kappa shape index (κ1) is 47.4. The predicted octanol–water partition coefficient (Wildman–Crippen LogP) is 2.22. The van der Waals surface area contributed by atoms with Crippen LogP contribution in [-0.2, 0) is 68.2 Å². The summed E-state index contributed by atoms with van der Waals surface area (Å²) in [6, 6.07) is 0. The number of ketones is 1. The summed E-state index contributed by atoms with van der Waals surface area (Å²) in [4.78, 5) is 11.5. The van der Waals surface area contributed by atoms with Gasteiger partial charge in [-0.1, -0.05) is 32.9 Å². The van der Waals surface area contributed by atoms with Gasteiger partial charge in [-0.2, -0.15) is 0 Å². The summed E-state index contributed by atoms with van der Waals surface area (Å²) in [5.41, 5.74) is 0.987. The fraction of sp³-hybridized carbons (Fsp3) is 0.914. The lowest BCUT2D eigenvalue weighted by atomic mass is 10.1. The van der Waals surface area contributed by atoms with Crippen molar-refractivity contribution in [1.82, 2.24) is 15.0 Å². The minimum atomic E-state index is 0.0579. The zero-order chi connectivity index (χ0) is 36.9. The standard InChI is InChI=1S/C35H67N3O13/c1-32(2)34-31-38(37-36-34)6-8-41-10-12-43-14-16-45-18-20-47-22-24-49-26-28-51-30-29-50-27-25-48-23-21-46-19-17-44-15-13-42-11-9-40-7-5-35(39)33(3)4/h31-33H,5-30H2,1-4H3. The summed E-state index contributed by atoms with van der Waals surface area (Å²) < 4.78 is 67.6. The predicted molar refractivity (Wildman–Crippen MR) is 188 cm³/mol. The van der Waals surface area contributed by atoms with Gasteiger partial charge in [-0.15, -0.1) is 5.10 Å². The number of carbonyl (C=O) groups is 1. The van der Waals surface area contributed by atoms with E-state index in [2.05, 4.69) is 24.2 Å². The second kappa shape index (κ2) is 36.7. The molecule has 1 rings (SSSR count). The van der Waals surface area contributed by atoms with Gasteiger partial charge in [0.05, 0.1) is 171 Å². The Morgan fingerprint density at radius 3 is 1.00 bits per heavy atom. The zero-order valence-electron chi connectivity index (χ0n) is 31.8. The van der Waals surface area contributed by atoms with E-state index in [0.29, 0.717) is 177 Å². The third-order valence-corrected chi connectivity index (χ3v) is 6.84. The minimum absolute atomic E-state index is 0.0579. The highest BCUT2D eigenvalue weighted by molar-refractivity contribution is 5.80. The van der Waals surface area contributed by atoms with Crippen molar-refractivity contribution in [2.75, 3.05) is 159 Å². The molecule has 16 heteroatoms. The average Bonchev–Trinajstić information content (AvgIpc) is 3.60. The van der Waals surface area contributed by atoms with E-state index < -0.39 is 0 Å². The third kappa shape index (κ3) is 32.7. The highest BCUT2D eigenvalue weighted by Gasteiger charge is 2.06. The SMILES string of the molecule is CC(C)C(=O)CCOCCOCCOCCOCCOCCOCCOCCOCCOCCOCCOCCOCCn1cc(C(C)C)nn1. The highest BCUT2D eigenvalue weighted by Crippen LogP contribution is 2.08. The number of hydrogen-bond acceptors (Lipinski definition) is 15. The van der Waals surface area contributed by atoms with E-state index in [4.69, 9.17) is 56.8 Å². The maximum atomic E-state index is 11.5. The van der Waals surface area contributed by atoms with Crippen molar-refractivity contribution in [3.05, 3.63) is 11.9 Å². The normalized spacial score (nSPS) is 11.8. The minimum Gasteiger partial charge on any atom is -0.379 e. The van der Waals surface area contributed by atoms with Crippen LogP contribution < -0.4 is 0 Å². The van der Waals surface area contributed by atoms with E-state index in [9.17, 15) is 4.79 Å². The van der Waals surface area contributed by atoms with Gasteiger partial charge in [-0.25, -0.2) is 4.68 Å². The Labute approximate surface area is 305 Å². The smallest absolute Gasteiger partial charge is 0.137 e. The van der Waals surface area contributed by atoms with Crippen LogP contribution in [0.2, 0.25) is 0 Å². The van der Waals surface area contributed by atoms with Crippen molar-refractivity contribution in [2.24, 2.45) is 5.92 Å².